The monoisotopic (exact) mass is 476 g/mol. The molecule has 0 aromatic heterocycles. The van der Waals surface area contributed by atoms with Crippen LogP contribution >= 0.6 is 11.6 Å². The van der Waals surface area contributed by atoms with Crippen LogP contribution in [0.4, 0.5) is 18.9 Å². The number of nitrogens with one attached hydrogen (secondary N) is 1. The Morgan fingerprint density at radius 1 is 1.23 bits per heavy atom. The third kappa shape index (κ3) is 4.97. The third-order valence-corrected chi connectivity index (χ3v) is 7.05. The first-order valence-corrected chi connectivity index (χ1v) is 11.3. The van der Waals surface area contributed by atoms with Gasteiger partial charge in [0.25, 0.3) is 0 Å². The van der Waals surface area contributed by atoms with E-state index in [1.807, 2.05) is 0 Å². The fourth-order valence-electron chi connectivity index (χ4n) is 3.30. The summed E-state index contributed by atoms with van der Waals surface area (Å²) in [4.78, 5) is 12.5. The lowest BCUT2D eigenvalue weighted by molar-refractivity contribution is -0.120. The normalized spacial score (nSPS) is 17.4. The number of hydrogen-bond acceptors (Lipinski definition) is 4. The number of hydrogen-bond donors (Lipinski definition) is 1. The van der Waals surface area contributed by atoms with E-state index in [4.69, 9.17) is 16.3 Å². The van der Waals surface area contributed by atoms with Crippen molar-refractivity contribution >= 4 is 33.2 Å². The van der Waals surface area contributed by atoms with Crippen LogP contribution in [0.1, 0.15) is 19.8 Å². The molecule has 1 aliphatic rings. The van der Waals surface area contributed by atoms with Gasteiger partial charge < -0.3 is 10.1 Å². The number of sulfonamides is 1. The zero-order chi connectivity index (χ0) is 22.8. The molecular weight excluding hydrogens is 457 g/mol. The zero-order valence-electron chi connectivity index (χ0n) is 16.5. The van der Waals surface area contributed by atoms with Gasteiger partial charge in [-0.2, -0.15) is 4.31 Å². The summed E-state index contributed by atoms with van der Waals surface area (Å²) in [5.74, 6) is -5.72. The van der Waals surface area contributed by atoms with Gasteiger partial charge in [0.05, 0.1) is 28.1 Å². The van der Waals surface area contributed by atoms with E-state index >= 15 is 0 Å². The SMILES string of the molecule is CCOc1ccc(S(=O)(=O)N2CCC[C@H](C(=O)Nc3ccc(F)c(F)c3F)C2)cc1Cl. The van der Waals surface area contributed by atoms with Crippen LogP contribution in [0.25, 0.3) is 0 Å². The van der Waals surface area contributed by atoms with Gasteiger partial charge in [0.2, 0.25) is 15.9 Å². The molecule has 1 saturated heterocycles. The lowest BCUT2D eigenvalue weighted by atomic mass is 9.98. The molecule has 1 amide bonds. The Hall–Kier alpha value is -2.30. The van der Waals surface area contributed by atoms with Crippen LogP contribution in [0.2, 0.25) is 5.02 Å². The maximum absolute atomic E-state index is 13.8. The Balaban J connectivity index is 1.76. The Labute approximate surface area is 183 Å². The van der Waals surface area contributed by atoms with Gasteiger partial charge in [-0.3, -0.25) is 4.79 Å². The lowest BCUT2D eigenvalue weighted by Crippen LogP contribution is -2.43. The second-order valence-corrected chi connectivity index (χ2v) is 9.28. The molecule has 2 aromatic rings. The standard InChI is InChI=1S/C20H20ClF3N2O4S/c1-2-30-17-8-5-13(10-14(17)21)31(28,29)26-9-3-4-12(11-26)20(27)25-16-7-6-15(22)18(23)19(16)24/h5-8,10,12H,2-4,9,11H2,1H3,(H,25,27)/t12-/m0/s1. The quantitative estimate of drug-likeness (QED) is 0.634. The van der Waals surface area contributed by atoms with Crippen LogP contribution < -0.4 is 10.1 Å². The molecule has 168 valence electrons. The number of piperidine rings is 1. The third-order valence-electron chi connectivity index (χ3n) is 4.89. The van der Waals surface area contributed by atoms with Gasteiger partial charge in [0.15, 0.2) is 17.5 Å². The highest BCUT2D eigenvalue weighted by Gasteiger charge is 2.34. The van der Waals surface area contributed by atoms with Gasteiger partial charge in [0, 0.05) is 13.1 Å². The molecule has 0 radical (unpaired) electrons. The number of rotatable bonds is 6. The molecule has 1 atom stereocenters. The fraction of sp³-hybridized carbons (Fsp3) is 0.350. The average Bonchev–Trinajstić information content (AvgIpc) is 2.75. The number of nitrogens with zero attached hydrogens (tertiary/aromatic N) is 1. The van der Waals surface area contributed by atoms with Crippen molar-refractivity contribution in [2.45, 2.75) is 24.7 Å². The van der Waals surface area contributed by atoms with Crippen molar-refractivity contribution in [3.05, 3.63) is 52.8 Å². The summed E-state index contributed by atoms with van der Waals surface area (Å²) in [6.45, 7) is 2.18. The molecule has 11 heteroatoms. The van der Waals surface area contributed by atoms with Gasteiger partial charge in [-0.1, -0.05) is 11.6 Å². The Morgan fingerprint density at radius 3 is 2.65 bits per heavy atom. The van der Waals surface area contributed by atoms with Crippen LogP contribution in [0.15, 0.2) is 35.2 Å². The van der Waals surface area contributed by atoms with E-state index in [1.54, 1.807) is 6.92 Å². The molecular formula is C20H20ClF3N2O4S. The Kier molecular flexibility index (Phi) is 7.13. The average molecular weight is 477 g/mol. The van der Waals surface area contributed by atoms with E-state index in [9.17, 15) is 26.4 Å². The summed E-state index contributed by atoms with van der Waals surface area (Å²) < 4.78 is 72.8. The largest absolute Gasteiger partial charge is 0.492 e. The van der Waals surface area contributed by atoms with Crippen LogP contribution in [0.5, 0.6) is 5.75 Å². The van der Waals surface area contributed by atoms with Gasteiger partial charge in [-0.25, -0.2) is 21.6 Å². The zero-order valence-corrected chi connectivity index (χ0v) is 18.1. The van der Waals surface area contributed by atoms with Gasteiger partial charge >= 0.3 is 0 Å². The predicted octanol–water partition coefficient (Wildman–Crippen LogP) is 4.20. The van der Waals surface area contributed by atoms with Crippen LogP contribution in [-0.4, -0.2) is 38.3 Å². The first-order valence-electron chi connectivity index (χ1n) is 9.52. The molecule has 6 nitrogen and oxygen atoms in total. The number of anilines is 1. The number of halogens is 4. The fourth-order valence-corrected chi connectivity index (χ4v) is 5.15. The summed E-state index contributed by atoms with van der Waals surface area (Å²) in [5.41, 5.74) is -0.512. The summed E-state index contributed by atoms with van der Waals surface area (Å²) in [6, 6.07) is 5.71. The summed E-state index contributed by atoms with van der Waals surface area (Å²) in [6.07, 6.45) is 0.746. The first-order chi connectivity index (χ1) is 14.6. The smallest absolute Gasteiger partial charge is 0.243 e. The molecule has 1 N–H and O–H groups in total. The van der Waals surface area contributed by atoms with Crippen molar-refractivity contribution in [2.75, 3.05) is 25.0 Å². The summed E-state index contributed by atoms with van der Waals surface area (Å²) in [7, 11) is -3.95. The van der Waals surface area contributed by atoms with E-state index < -0.39 is 45.0 Å². The van der Waals surface area contributed by atoms with E-state index in [0.717, 1.165) is 10.4 Å². The van der Waals surface area contributed by atoms with Gasteiger partial charge in [-0.05, 0) is 50.1 Å². The van der Waals surface area contributed by atoms with Crippen LogP contribution in [-0.2, 0) is 14.8 Å². The van der Waals surface area contributed by atoms with Crippen LogP contribution in [0, 0.1) is 23.4 Å². The molecule has 1 fully saturated rings. The molecule has 1 heterocycles. The van der Waals surface area contributed by atoms with E-state index in [1.165, 1.54) is 18.2 Å². The molecule has 1 aliphatic heterocycles. The van der Waals surface area contributed by atoms with Gasteiger partial charge in [-0.15, -0.1) is 0 Å². The highest BCUT2D eigenvalue weighted by molar-refractivity contribution is 7.89. The minimum atomic E-state index is -3.95. The Morgan fingerprint density at radius 2 is 1.97 bits per heavy atom. The highest BCUT2D eigenvalue weighted by atomic mass is 35.5. The topological polar surface area (TPSA) is 75.7 Å². The van der Waals surface area contributed by atoms with Crippen molar-refractivity contribution in [3.8, 4) is 5.75 Å². The van der Waals surface area contributed by atoms with Crippen molar-refractivity contribution in [3.63, 3.8) is 0 Å². The van der Waals surface area contributed by atoms with Crippen LogP contribution in [0.3, 0.4) is 0 Å². The van der Waals surface area contributed by atoms with Crippen molar-refractivity contribution in [1.82, 2.24) is 4.31 Å². The molecule has 0 aliphatic carbocycles. The summed E-state index contributed by atoms with van der Waals surface area (Å²) >= 11 is 6.10. The highest BCUT2D eigenvalue weighted by Crippen LogP contribution is 2.31. The lowest BCUT2D eigenvalue weighted by Gasteiger charge is -2.31. The maximum atomic E-state index is 13.8. The molecule has 31 heavy (non-hydrogen) atoms. The van der Waals surface area contributed by atoms with Crippen molar-refractivity contribution in [1.29, 1.82) is 0 Å². The number of carbonyl (C=O) groups is 1. The minimum absolute atomic E-state index is 0.0475. The molecule has 0 spiro atoms. The number of ether oxygens (including phenoxy) is 1. The van der Waals surface area contributed by atoms with E-state index in [0.29, 0.717) is 31.3 Å². The van der Waals surface area contributed by atoms with E-state index in [2.05, 4.69) is 5.32 Å². The predicted molar refractivity (Wildman–Crippen MR) is 109 cm³/mol. The van der Waals surface area contributed by atoms with Gasteiger partial charge in [0.1, 0.15) is 5.75 Å². The van der Waals surface area contributed by atoms with Crippen molar-refractivity contribution in [2.24, 2.45) is 5.92 Å². The Bertz CT molecular complexity index is 1100. The minimum Gasteiger partial charge on any atom is -0.492 e. The number of benzene rings is 2. The number of carbonyl (C=O) groups excluding carboxylic acids is 1. The van der Waals surface area contributed by atoms with Crippen molar-refractivity contribution < 1.29 is 31.1 Å². The summed E-state index contributed by atoms with van der Waals surface area (Å²) in [5, 5.41) is 2.35. The second kappa shape index (κ2) is 9.46. The second-order valence-electron chi connectivity index (χ2n) is 6.94. The molecule has 2 aromatic carbocycles. The first kappa shape index (κ1) is 23.4. The molecule has 3 rings (SSSR count). The maximum Gasteiger partial charge on any atom is 0.243 e. The van der Waals surface area contributed by atoms with E-state index in [-0.39, 0.29) is 23.0 Å². The molecule has 0 unspecified atom stereocenters. The molecule has 0 bridgehead atoms. The molecule has 0 saturated carbocycles. The number of amides is 1.